The highest BCUT2D eigenvalue weighted by molar-refractivity contribution is 7.91. The lowest BCUT2D eigenvalue weighted by atomic mass is 9.69. The van der Waals surface area contributed by atoms with Crippen molar-refractivity contribution in [2.45, 2.75) is 56.5 Å². The molecule has 2 aromatic rings. The first kappa shape index (κ1) is 19.9. The van der Waals surface area contributed by atoms with Crippen LogP contribution in [0.5, 0.6) is 0 Å². The highest BCUT2D eigenvalue weighted by Crippen LogP contribution is 2.62. The Bertz CT molecular complexity index is 1000. The Kier molecular flexibility index (Phi) is 4.31. The highest BCUT2D eigenvalue weighted by atomic mass is 32.2. The van der Waals surface area contributed by atoms with Gasteiger partial charge in [-0.05, 0) is 48.1 Å². The molecule has 2 bridgehead atoms. The fourth-order valence-corrected chi connectivity index (χ4v) is 7.74. The van der Waals surface area contributed by atoms with E-state index in [9.17, 15) is 21.6 Å². The molecule has 28 heavy (non-hydrogen) atoms. The molecular formula is C18H21F3N2O3S2. The number of halogens is 3. The van der Waals surface area contributed by atoms with E-state index in [1.165, 1.54) is 12.1 Å². The number of hydrogen-bond donors (Lipinski definition) is 1. The predicted octanol–water partition coefficient (Wildman–Crippen LogP) is 4.92. The van der Waals surface area contributed by atoms with Crippen LogP contribution in [0.25, 0.3) is 10.6 Å². The lowest BCUT2D eigenvalue weighted by Crippen LogP contribution is -2.52. The number of thiophene rings is 1. The summed E-state index contributed by atoms with van der Waals surface area (Å²) in [5.41, 5.74) is -0.255. The standard InChI is InChI=1S/C18H21F3N2O3S2/c1-16(2)10-6-7-17(3,9-10)15(16)23-28(24,25)14-5-4-12(27-14)11-8-13(26-22-11)18(19,20)21/h4-5,8,10,15,23H,6-7,9H2,1-3H3. The molecule has 2 aliphatic carbocycles. The first-order valence-electron chi connectivity index (χ1n) is 8.99. The van der Waals surface area contributed by atoms with Crippen molar-refractivity contribution in [1.82, 2.24) is 9.88 Å². The molecular weight excluding hydrogens is 413 g/mol. The zero-order chi connectivity index (χ0) is 20.5. The van der Waals surface area contributed by atoms with Crippen LogP contribution in [0.2, 0.25) is 0 Å². The van der Waals surface area contributed by atoms with Gasteiger partial charge < -0.3 is 4.52 Å². The number of hydrogen-bond acceptors (Lipinski definition) is 5. The number of sulfonamides is 1. The van der Waals surface area contributed by atoms with Crippen LogP contribution in [0.1, 0.15) is 45.8 Å². The Balaban J connectivity index is 1.59. The molecule has 1 N–H and O–H groups in total. The fraction of sp³-hybridized carbons (Fsp3) is 0.611. The van der Waals surface area contributed by atoms with Gasteiger partial charge >= 0.3 is 6.18 Å². The third kappa shape index (κ3) is 3.09. The molecule has 4 rings (SSSR count). The molecule has 10 heteroatoms. The molecule has 0 radical (unpaired) electrons. The number of nitrogens with zero attached hydrogens (tertiary/aromatic N) is 1. The van der Waals surface area contributed by atoms with Crippen molar-refractivity contribution in [1.29, 1.82) is 0 Å². The van der Waals surface area contributed by atoms with Gasteiger partial charge in [-0.2, -0.15) is 13.2 Å². The van der Waals surface area contributed by atoms with Crippen LogP contribution in [-0.2, 0) is 16.2 Å². The minimum atomic E-state index is -4.64. The van der Waals surface area contributed by atoms with Crippen molar-refractivity contribution in [2.24, 2.45) is 16.7 Å². The molecule has 3 unspecified atom stereocenters. The molecule has 0 saturated heterocycles. The average molecular weight is 435 g/mol. The van der Waals surface area contributed by atoms with Gasteiger partial charge in [0.1, 0.15) is 9.90 Å². The largest absolute Gasteiger partial charge is 0.452 e. The maximum absolute atomic E-state index is 13.0. The van der Waals surface area contributed by atoms with E-state index in [4.69, 9.17) is 0 Å². The van der Waals surface area contributed by atoms with Crippen LogP contribution in [0, 0.1) is 16.7 Å². The predicted molar refractivity (Wildman–Crippen MR) is 98.2 cm³/mol. The Morgan fingerprint density at radius 2 is 2.00 bits per heavy atom. The summed E-state index contributed by atoms with van der Waals surface area (Å²) in [5.74, 6) is -0.727. The van der Waals surface area contributed by atoms with E-state index in [1.807, 2.05) is 0 Å². The molecule has 5 nitrogen and oxygen atoms in total. The molecule has 2 heterocycles. The summed E-state index contributed by atoms with van der Waals surface area (Å²) in [7, 11) is -3.80. The third-order valence-electron chi connectivity index (χ3n) is 6.43. The second-order valence-electron chi connectivity index (χ2n) is 8.66. The van der Waals surface area contributed by atoms with Gasteiger partial charge in [0.25, 0.3) is 0 Å². The Morgan fingerprint density at radius 1 is 1.29 bits per heavy atom. The second-order valence-corrected chi connectivity index (χ2v) is 11.7. The monoisotopic (exact) mass is 434 g/mol. The van der Waals surface area contributed by atoms with Crippen LogP contribution in [0.15, 0.2) is 26.9 Å². The minimum Gasteiger partial charge on any atom is -0.351 e. The summed E-state index contributed by atoms with van der Waals surface area (Å²) in [6, 6.07) is 3.44. The number of alkyl halides is 3. The van der Waals surface area contributed by atoms with Crippen molar-refractivity contribution in [3.8, 4) is 10.6 Å². The lowest BCUT2D eigenvalue weighted by Gasteiger charge is -2.42. The Hall–Kier alpha value is -1.39. The van der Waals surface area contributed by atoms with E-state index in [0.717, 1.165) is 36.7 Å². The van der Waals surface area contributed by atoms with Gasteiger partial charge in [0, 0.05) is 12.1 Å². The molecule has 2 aromatic heterocycles. The van der Waals surface area contributed by atoms with E-state index in [0.29, 0.717) is 10.8 Å². The first-order valence-corrected chi connectivity index (χ1v) is 11.3. The number of rotatable bonds is 4. The fourth-order valence-electron chi connectivity index (χ4n) is 4.94. The van der Waals surface area contributed by atoms with Crippen LogP contribution >= 0.6 is 11.3 Å². The normalized spacial score (nSPS) is 29.5. The van der Waals surface area contributed by atoms with Crippen molar-refractivity contribution in [3.05, 3.63) is 24.0 Å². The zero-order valence-corrected chi connectivity index (χ0v) is 17.3. The van der Waals surface area contributed by atoms with Gasteiger partial charge in [-0.1, -0.05) is 25.9 Å². The maximum Gasteiger partial charge on any atom is 0.452 e. The summed E-state index contributed by atoms with van der Waals surface area (Å²) in [6.45, 7) is 6.33. The molecule has 2 aliphatic rings. The topological polar surface area (TPSA) is 72.2 Å². The average Bonchev–Trinajstić information content (AvgIpc) is 3.31. The summed E-state index contributed by atoms with van der Waals surface area (Å²) in [5, 5.41) is 3.42. The van der Waals surface area contributed by atoms with Crippen LogP contribution < -0.4 is 4.72 Å². The molecule has 0 amide bonds. The first-order chi connectivity index (χ1) is 12.8. The van der Waals surface area contributed by atoms with Gasteiger partial charge in [-0.15, -0.1) is 11.3 Å². The van der Waals surface area contributed by atoms with E-state index < -0.39 is 22.0 Å². The quantitative estimate of drug-likeness (QED) is 0.742. The van der Waals surface area contributed by atoms with Crippen molar-refractivity contribution in [2.75, 3.05) is 0 Å². The summed E-state index contributed by atoms with van der Waals surface area (Å²) >= 11 is 0.879. The molecule has 2 saturated carbocycles. The van der Waals surface area contributed by atoms with Crippen LogP contribution in [-0.4, -0.2) is 19.6 Å². The summed E-state index contributed by atoms with van der Waals surface area (Å²) < 4.78 is 71.3. The van der Waals surface area contributed by atoms with E-state index in [1.54, 1.807) is 0 Å². The van der Waals surface area contributed by atoms with Crippen molar-refractivity contribution < 1.29 is 26.1 Å². The SMILES string of the molecule is CC12CCC(C1)C(C)(C)C2NS(=O)(=O)c1ccc(-c2cc(C(F)(F)F)on2)s1. The van der Waals surface area contributed by atoms with E-state index >= 15 is 0 Å². The van der Waals surface area contributed by atoms with Gasteiger partial charge in [0.15, 0.2) is 0 Å². The number of fused-ring (bicyclic) bond motifs is 2. The minimum absolute atomic E-state index is 0.0361. The van der Waals surface area contributed by atoms with E-state index in [-0.39, 0.29) is 26.8 Å². The van der Waals surface area contributed by atoms with Gasteiger partial charge in [-0.3, -0.25) is 0 Å². The summed E-state index contributed by atoms with van der Waals surface area (Å²) in [4.78, 5) is 0.304. The van der Waals surface area contributed by atoms with Crippen molar-refractivity contribution in [3.63, 3.8) is 0 Å². The third-order valence-corrected chi connectivity index (χ3v) is 9.45. The lowest BCUT2D eigenvalue weighted by molar-refractivity contribution is -0.155. The number of aromatic nitrogens is 1. The van der Waals surface area contributed by atoms with Gasteiger partial charge in [-0.25, -0.2) is 13.1 Å². The van der Waals surface area contributed by atoms with Crippen molar-refractivity contribution >= 4 is 21.4 Å². The Morgan fingerprint density at radius 3 is 2.57 bits per heavy atom. The zero-order valence-electron chi connectivity index (χ0n) is 15.6. The second kappa shape index (κ2) is 6.06. The molecule has 3 atom stereocenters. The van der Waals surface area contributed by atoms with Crippen LogP contribution in [0.3, 0.4) is 0 Å². The highest BCUT2D eigenvalue weighted by Gasteiger charge is 2.60. The van der Waals surface area contributed by atoms with Gasteiger partial charge in [0.2, 0.25) is 15.8 Å². The molecule has 0 aromatic carbocycles. The molecule has 154 valence electrons. The Labute approximate surface area is 165 Å². The summed E-state index contributed by atoms with van der Waals surface area (Å²) in [6.07, 6.45) is -1.54. The molecule has 2 fully saturated rings. The maximum atomic E-state index is 13.0. The van der Waals surface area contributed by atoms with Crippen LogP contribution in [0.4, 0.5) is 13.2 Å². The molecule has 0 spiro atoms. The smallest absolute Gasteiger partial charge is 0.351 e. The number of nitrogens with one attached hydrogen (secondary N) is 1. The van der Waals surface area contributed by atoms with Gasteiger partial charge in [0.05, 0.1) is 4.88 Å². The van der Waals surface area contributed by atoms with E-state index in [2.05, 4.69) is 35.2 Å². The molecule has 0 aliphatic heterocycles.